The van der Waals surface area contributed by atoms with Crippen molar-refractivity contribution >= 4 is 33.5 Å². The van der Waals surface area contributed by atoms with Crippen molar-refractivity contribution in [2.45, 2.75) is 37.6 Å². The number of carbonyl (C=O) groups excluding carboxylic acids is 2. The van der Waals surface area contributed by atoms with E-state index in [9.17, 15) is 18.0 Å². The predicted molar refractivity (Wildman–Crippen MR) is 123 cm³/mol. The average Bonchev–Trinajstić information content (AvgIpc) is 3.26. The summed E-state index contributed by atoms with van der Waals surface area (Å²) in [5.74, 6) is -0.500. The van der Waals surface area contributed by atoms with Crippen LogP contribution in [0.15, 0.2) is 59.0 Å². The number of rotatable bonds is 5. The lowest BCUT2D eigenvalue weighted by atomic mass is 9.91. The molecule has 0 saturated heterocycles. The fourth-order valence-electron chi connectivity index (χ4n) is 4.40. The molecule has 0 aliphatic carbocycles. The number of para-hydroxylation sites is 1. The number of nitrogens with zero attached hydrogens (tertiary/aromatic N) is 2. The first-order chi connectivity index (χ1) is 15.8. The summed E-state index contributed by atoms with van der Waals surface area (Å²) in [7, 11) is -2.57. The normalized spacial score (nSPS) is 17.5. The van der Waals surface area contributed by atoms with E-state index in [0.29, 0.717) is 28.9 Å². The first-order valence-corrected chi connectivity index (χ1v) is 12.2. The molecule has 2 heterocycles. The van der Waals surface area contributed by atoms with Gasteiger partial charge in [0, 0.05) is 12.1 Å². The third-order valence-electron chi connectivity index (χ3n) is 5.93. The van der Waals surface area contributed by atoms with E-state index in [1.165, 1.54) is 16.3 Å². The Bertz CT molecular complexity index is 1220. The van der Waals surface area contributed by atoms with Crippen molar-refractivity contribution in [1.29, 1.82) is 0 Å². The minimum absolute atomic E-state index is 0.110. The number of anilines is 1. The van der Waals surface area contributed by atoms with Gasteiger partial charge in [0.05, 0.1) is 42.5 Å². The number of carbonyl (C=O) groups is 2. The van der Waals surface area contributed by atoms with Gasteiger partial charge < -0.3 is 9.47 Å². The Morgan fingerprint density at radius 1 is 1.09 bits per heavy atom. The highest BCUT2D eigenvalue weighted by atomic mass is 32.2. The lowest BCUT2D eigenvalue weighted by Crippen LogP contribution is -2.46. The van der Waals surface area contributed by atoms with Gasteiger partial charge in [0.2, 0.25) is 0 Å². The van der Waals surface area contributed by atoms with Crippen LogP contribution in [0.3, 0.4) is 0 Å². The number of hydrogen-bond acceptors (Lipinski definition) is 6. The number of hydrogen-bond donors (Lipinski definition) is 0. The number of benzene rings is 2. The van der Waals surface area contributed by atoms with E-state index in [2.05, 4.69) is 0 Å². The molecule has 1 atom stereocenters. The molecule has 2 aromatic rings. The van der Waals surface area contributed by atoms with Crippen molar-refractivity contribution in [2.24, 2.45) is 0 Å². The van der Waals surface area contributed by atoms with Gasteiger partial charge in [0.25, 0.3) is 10.0 Å². The van der Waals surface area contributed by atoms with Crippen LogP contribution in [0.2, 0.25) is 0 Å². The number of aryl methyl sites for hydroxylation is 1. The maximum atomic E-state index is 13.6. The molecule has 1 amide bonds. The second-order valence-corrected chi connectivity index (χ2v) is 9.76. The number of sulfonamides is 1. The van der Waals surface area contributed by atoms with Crippen LogP contribution >= 0.6 is 0 Å². The van der Waals surface area contributed by atoms with Gasteiger partial charge in [-0.25, -0.2) is 13.2 Å². The smallest absolute Gasteiger partial charge is 0.414 e. The van der Waals surface area contributed by atoms with Crippen molar-refractivity contribution in [2.75, 3.05) is 25.2 Å². The molecule has 0 radical (unpaired) electrons. The molecule has 8 nitrogen and oxygen atoms in total. The molecule has 2 aliphatic rings. The van der Waals surface area contributed by atoms with E-state index in [1.54, 1.807) is 55.5 Å². The fraction of sp³-hybridized carbons (Fsp3) is 0.333. The Kier molecular flexibility index (Phi) is 6.16. The molecule has 1 unspecified atom stereocenters. The van der Waals surface area contributed by atoms with Crippen LogP contribution in [0.5, 0.6) is 0 Å². The Balaban J connectivity index is 1.88. The molecule has 2 aliphatic heterocycles. The van der Waals surface area contributed by atoms with Crippen LogP contribution in [0.25, 0.3) is 5.70 Å². The molecule has 2 aromatic carbocycles. The maximum absolute atomic E-state index is 13.6. The maximum Gasteiger partial charge on any atom is 0.414 e. The summed E-state index contributed by atoms with van der Waals surface area (Å²) < 4.78 is 38.8. The van der Waals surface area contributed by atoms with E-state index >= 15 is 0 Å². The molecule has 174 valence electrons. The van der Waals surface area contributed by atoms with Crippen molar-refractivity contribution < 1.29 is 27.5 Å². The van der Waals surface area contributed by atoms with Crippen molar-refractivity contribution in [1.82, 2.24) is 4.31 Å². The molecule has 0 fully saturated rings. The zero-order chi connectivity index (χ0) is 23.8. The Labute approximate surface area is 193 Å². The number of methoxy groups -OCH3 is 1. The molecular weight excluding hydrogens is 444 g/mol. The standard InChI is InChI=1S/C24H26N2O6S/c1-4-32-24(28)26-20-8-6-5-7-18(20)23-19(21(26)15-22(27)31-3)13-14-25(23)33(29,30)17-11-9-16(2)10-12-17/h5-12,21H,4,13-15H2,1-3H3. The van der Waals surface area contributed by atoms with Gasteiger partial charge in [-0.2, -0.15) is 0 Å². The topological polar surface area (TPSA) is 93.2 Å². The fourth-order valence-corrected chi connectivity index (χ4v) is 5.93. The van der Waals surface area contributed by atoms with E-state index in [-0.39, 0.29) is 24.5 Å². The van der Waals surface area contributed by atoms with Crippen LogP contribution in [0, 0.1) is 6.92 Å². The Morgan fingerprint density at radius 2 is 1.79 bits per heavy atom. The van der Waals surface area contributed by atoms with E-state index in [4.69, 9.17) is 9.47 Å². The quantitative estimate of drug-likeness (QED) is 0.619. The molecule has 0 saturated carbocycles. The molecule has 0 N–H and O–H groups in total. The molecular formula is C24H26N2O6S. The number of fused-ring (bicyclic) bond motifs is 2. The van der Waals surface area contributed by atoms with Gasteiger partial charge in [0.15, 0.2) is 0 Å². The van der Waals surface area contributed by atoms with Crippen LogP contribution in [0.4, 0.5) is 10.5 Å². The highest BCUT2D eigenvalue weighted by Crippen LogP contribution is 2.47. The van der Waals surface area contributed by atoms with Gasteiger partial charge in [-0.15, -0.1) is 0 Å². The highest BCUT2D eigenvalue weighted by Gasteiger charge is 2.45. The first-order valence-electron chi connectivity index (χ1n) is 10.7. The van der Waals surface area contributed by atoms with Gasteiger partial charge in [0.1, 0.15) is 0 Å². The predicted octanol–water partition coefficient (Wildman–Crippen LogP) is 3.71. The van der Waals surface area contributed by atoms with Crippen LogP contribution < -0.4 is 4.90 Å². The van der Waals surface area contributed by atoms with Crippen molar-refractivity contribution in [3.8, 4) is 0 Å². The Morgan fingerprint density at radius 3 is 2.45 bits per heavy atom. The summed E-state index contributed by atoms with van der Waals surface area (Å²) in [6, 6.07) is 13.1. The summed E-state index contributed by atoms with van der Waals surface area (Å²) >= 11 is 0. The summed E-state index contributed by atoms with van der Waals surface area (Å²) in [4.78, 5) is 26.9. The second kappa shape index (κ2) is 8.90. The SMILES string of the molecule is CCOC(=O)N1c2ccccc2C2=C(CCN2S(=O)(=O)c2ccc(C)cc2)C1CC(=O)OC. The minimum atomic E-state index is -3.85. The summed E-state index contributed by atoms with van der Waals surface area (Å²) in [5.41, 5.74) is 3.27. The zero-order valence-corrected chi connectivity index (χ0v) is 19.6. The van der Waals surface area contributed by atoms with E-state index in [1.807, 2.05) is 6.92 Å². The largest absolute Gasteiger partial charge is 0.469 e. The lowest BCUT2D eigenvalue weighted by molar-refractivity contribution is -0.140. The third kappa shape index (κ3) is 3.97. The first kappa shape index (κ1) is 22.8. The highest BCUT2D eigenvalue weighted by molar-refractivity contribution is 7.89. The van der Waals surface area contributed by atoms with Gasteiger partial charge in [-0.3, -0.25) is 14.0 Å². The molecule has 33 heavy (non-hydrogen) atoms. The summed E-state index contributed by atoms with van der Waals surface area (Å²) in [6.45, 7) is 3.98. The summed E-state index contributed by atoms with van der Waals surface area (Å²) in [6.07, 6.45) is -0.321. The third-order valence-corrected chi connectivity index (χ3v) is 7.74. The van der Waals surface area contributed by atoms with Crippen LogP contribution in [0.1, 0.15) is 30.9 Å². The monoisotopic (exact) mass is 470 g/mol. The van der Waals surface area contributed by atoms with Crippen molar-refractivity contribution in [3.63, 3.8) is 0 Å². The molecule has 0 spiro atoms. The summed E-state index contributed by atoms with van der Waals surface area (Å²) in [5, 5.41) is 0. The molecule has 9 heteroatoms. The molecule has 4 rings (SSSR count). The van der Waals surface area contributed by atoms with E-state index in [0.717, 1.165) is 5.56 Å². The molecule has 0 bridgehead atoms. The number of esters is 1. The zero-order valence-electron chi connectivity index (χ0n) is 18.8. The number of ether oxygens (including phenoxy) is 2. The lowest BCUT2D eigenvalue weighted by Gasteiger charge is -2.38. The van der Waals surface area contributed by atoms with Gasteiger partial charge >= 0.3 is 12.1 Å². The van der Waals surface area contributed by atoms with Gasteiger partial charge in [-0.05, 0) is 44.0 Å². The average molecular weight is 471 g/mol. The van der Waals surface area contributed by atoms with E-state index < -0.39 is 28.1 Å². The molecule has 0 aromatic heterocycles. The number of amides is 1. The van der Waals surface area contributed by atoms with Gasteiger partial charge in [-0.1, -0.05) is 35.9 Å². The Hall–Kier alpha value is -3.33. The van der Waals surface area contributed by atoms with Crippen molar-refractivity contribution in [3.05, 3.63) is 65.2 Å². The van der Waals surface area contributed by atoms with Crippen LogP contribution in [-0.4, -0.2) is 51.1 Å². The van der Waals surface area contributed by atoms with Crippen LogP contribution in [-0.2, 0) is 24.3 Å². The minimum Gasteiger partial charge on any atom is -0.469 e. The second-order valence-electron chi connectivity index (χ2n) is 7.90.